The maximum Gasteiger partial charge on any atom is 0.319 e. The van der Waals surface area contributed by atoms with Crippen molar-refractivity contribution in [3.8, 4) is 11.8 Å². The number of nitrogens with zero attached hydrogens (tertiary/aromatic N) is 4. The number of likely N-dealkylation sites (N-methyl/N-ethyl adjacent to an activating group) is 1. The van der Waals surface area contributed by atoms with Gasteiger partial charge in [0.15, 0.2) is 5.82 Å². The number of anilines is 1. The molecule has 0 radical (unpaired) electrons. The Balaban J connectivity index is 0.878. The van der Waals surface area contributed by atoms with E-state index in [4.69, 9.17) is 0 Å². The summed E-state index contributed by atoms with van der Waals surface area (Å²) < 4.78 is 0. The highest BCUT2D eigenvalue weighted by Crippen LogP contribution is 2.41. The highest BCUT2D eigenvalue weighted by Gasteiger charge is 2.46. The van der Waals surface area contributed by atoms with E-state index in [0.29, 0.717) is 60.4 Å². The lowest BCUT2D eigenvalue weighted by atomic mass is 10.0. The molecular weight excluding hydrogens is 779 g/mol. The predicted molar refractivity (Wildman–Crippen MR) is 224 cm³/mol. The van der Waals surface area contributed by atoms with Gasteiger partial charge in [-0.25, -0.2) is 4.79 Å². The van der Waals surface area contributed by atoms with Gasteiger partial charge in [-0.15, -0.1) is 0 Å². The maximum absolute atomic E-state index is 13.7. The first-order chi connectivity index (χ1) is 29.2. The number of fused-ring (bicyclic) bond motifs is 2. The summed E-state index contributed by atoms with van der Waals surface area (Å²) in [7, 11) is 3.91. The van der Waals surface area contributed by atoms with E-state index in [0.717, 1.165) is 16.2 Å². The molecule has 0 spiro atoms. The molecule has 1 unspecified atom stereocenters. The van der Waals surface area contributed by atoms with Gasteiger partial charge in [0.2, 0.25) is 11.8 Å². The van der Waals surface area contributed by atoms with Gasteiger partial charge in [0.1, 0.15) is 6.04 Å². The summed E-state index contributed by atoms with van der Waals surface area (Å²) in [5, 5.41) is 18.5. The van der Waals surface area contributed by atoms with E-state index in [1.54, 1.807) is 41.3 Å². The Morgan fingerprint density at radius 2 is 1.64 bits per heavy atom. The largest absolute Gasteiger partial charge is 0.352 e. The third-order valence-electron chi connectivity index (χ3n) is 11.1. The quantitative estimate of drug-likeness (QED) is 0.0792. The van der Waals surface area contributed by atoms with Gasteiger partial charge in [0.25, 0.3) is 23.6 Å². The molecule has 0 saturated carbocycles. The minimum Gasteiger partial charge on any atom is -0.352 e. The number of unbranched alkanes of at least 4 members (excludes halogenated alkanes) is 2. The third kappa shape index (κ3) is 8.78. The molecule has 0 bridgehead atoms. The van der Waals surface area contributed by atoms with Gasteiger partial charge in [0.05, 0.1) is 34.9 Å². The molecule has 314 valence electrons. The van der Waals surface area contributed by atoms with Crippen LogP contribution in [0.2, 0.25) is 0 Å². The normalized spacial score (nSPS) is 17.0. The summed E-state index contributed by atoms with van der Waals surface area (Å²) in [5.74, 6) is 3.33. The summed E-state index contributed by atoms with van der Waals surface area (Å²) >= 11 is 0. The summed E-state index contributed by atoms with van der Waals surface area (Å²) in [4.78, 5) is 94.9. The Morgan fingerprint density at radius 1 is 0.918 bits per heavy atom. The maximum atomic E-state index is 13.7. The summed E-state index contributed by atoms with van der Waals surface area (Å²) in [6, 6.07) is 19.4. The van der Waals surface area contributed by atoms with Gasteiger partial charge in [-0.2, -0.15) is 5.10 Å². The number of rotatable bonds is 12. The SMILES string of the molecule is CN(C)C[C@@H](NC(=O)N1Cc2c(NC(=O)c3ccc(C(=O)NCCCCC#Cc4cccc5c4C(=O)N(C4CCC(=O)NC4=O)C5=O)cc3)n[nH]c2C1(C)C)c1ccccc1. The van der Waals surface area contributed by atoms with Crippen LogP contribution in [0, 0.1) is 11.8 Å². The van der Waals surface area contributed by atoms with Crippen molar-refractivity contribution in [3.05, 3.63) is 117 Å². The average Bonchev–Trinajstić information content (AvgIpc) is 3.85. The van der Waals surface area contributed by atoms with Crippen LogP contribution in [0.25, 0.3) is 0 Å². The fraction of sp³-hybridized carbons (Fsp3) is 0.333. The first-order valence-electron chi connectivity index (χ1n) is 20.1. The van der Waals surface area contributed by atoms with Crippen LogP contribution in [-0.2, 0) is 21.7 Å². The molecule has 5 N–H and O–H groups in total. The summed E-state index contributed by atoms with van der Waals surface area (Å²) in [6.07, 6.45) is 1.85. The van der Waals surface area contributed by atoms with Crippen molar-refractivity contribution in [2.45, 2.75) is 70.1 Å². The molecule has 4 aromatic rings. The fourth-order valence-electron chi connectivity index (χ4n) is 7.83. The number of urea groups is 1. The number of benzene rings is 3. The van der Waals surface area contributed by atoms with Crippen LogP contribution in [0.5, 0.6) is 0 Å². The van der Waals surface area contributed by atoms with Gasteiger partial charge in [-0.1, -0.05) is 48.2 Å². The number of carbonyl (C=O) groups excluding carboxylic acids is 7. The second-order valence-electron chi connectivity index (χ2n) is 16.0. The zero-order valence-electron chi connectivity index (χ0n) is 34.4. The van der Waals surface area contributed by atoms with E-state index in [1.165, 1.54) is 6.07 Å². The third-order valence-corrected chi connectivity index (χ3v) is 11.1. The van der Waals surface area contributed by atoms with E-state index >= 15 is 0 Å². The van der Waals surface area contributed by atoms with Crippen molar-refractivity contribution in [3.63, 3.8) is 0 Å². The highest BCUT2D eigenvalue weighted by atomic mass is 16.2. The minimum absolute atomic E-state index is 0.0367. The number of carbonyl (C=O) groups is 7. The molecule has 16 nitrogen and oxygen atoms in total. The number of hydrogen-bond acceptors (Lipinski definition) is 9. The first kappa shape index (κ1) is 42.0. The molecular formula is C45H47N9O7. The van der Waals surface area contributed by atoms with Gasteiger partial charge < -0.3 is 25.8 Å². The Morgan fingerprint density at radius 3 is 2.34 bits per heavy atom. The minimum atomic E-state index is -1.05. The van der Waals surface area contributed by atoms with Gasteiger partial charge >= 0.3 is 6.03 Å². The van der Waals surface area contributed by atoms with Crippen molar-refractivity contribution in [1.82, 2.24) is 40.8 Å². The molecule has 3 aromatic carbocycles. The molecule has 3 aliphatic rings. The van der Waals surface area contributed by atoms with Crippen molar-refractivity contribution in [1.29, 1.82) is 0 Å². The zero-order chi connectivity index (χ0) is 43.4. The number of imide groups is 2. The zero-order valence-corrected chi connectivity index (χ0v) is 34.4. The van der Waals surface area contributed by atoms with Crippen molar-refractivity contribution in [2.75, 3.05) is 32.5 Å². The Hall–Kier alpha value is -7.12. The molecule has 1 saturated heterocycles. The number of hydrogen-bond donors (Lipinski definition) is 5. The number of nitrogens with one attached hydrogen (secondary N) is 5. The average molecular weight is 826 g/mol. The van der Waals surface area contributed by atoms with Crippen LogP contribution in [0.4, 0.5) is 10.6 Å². The Kier molecular flexibility index (Phi) is 12.1. The van der Waals surface area contributed by atoms with E-state index in [-0.39, 0.29) is 48.5 Å². The second kappa shape index (κ2) is 17.6. The van der Waals surface area contributed by atoms with Gasteiger partial charge in [0, 0.05) is 48.2 Å². The number of aromatic nitrogens is 2. The van der Waals surface area contributed by atoms with E-state index < -0.39 is 41.1 Å². The standard InChI is InChI=1S/C45H47N9O7/c1-45(2)37-32(25-53(45)44(61)47-33(26-52(3)4)27-13-9-7-10-14-27)38(51-50-37)49-40(57)30-20-18-29(19-21-30)39(56)46-24-11-6-5-8-15-28-16-12-17-31-36(28)43(60)54(42(31)59)34-22-23-35(55)48-41(34)58/h7,9-10,12-14,16-21,33-34H,5-6,11,22-26H2,1-4H3,(H,46,56)(H,47,61)(H,48,55,58)(H2,49,50,51,57)/t33-,34?/m1/s1. The Bertz CT molecular complexity index is 2470. The smallest absolute Gasteiger partial charge is 0.319 e. The lowest BCUT2D eigenvalue weighted by Gasteiger charge is -2.34. The highest BCUT2D eigenvalue weighted by molar-refractivity contribution is 6.24. The number of H-pyrrole nitrogens is 1. The van der Waals surface area contributed by atoms with Crippen LogP contribution in [0.15, 0.2) is 72.8 Å². The molecule has 8 amide bonds. The van der Waals surface area contributed by atoms with Crippen molar-refractivity contribution in [2.24, 2.45) is 0 Å². The lowest BCUT2D eigenvalue weighted by Crippen LogP contribution is -2.54. The van der Waals surface area contributed by atoms with Crippen LogP contribution >= 0.6 is 0 Å². The molecule has 4 heterocycles. The number of piperidine rings is 1. The molecule has 61 heavy (non-hydrogen) atoms. The number of aromatic amines is 1. The molecule has 16 heteroatoms. The molecule has 3 aliphatic heterocycles. The first-order valence-corrected chi connectivity index (χ1v) is 20.1. The molecule has 2 atom stereocenters. The predicted octanol–water partition coefficient (Wildman–Crippen LogP) is 4.08. The molecule has 1 fully saturated rings. The van der Waals surface area contributed by atoms with E-state index in [1.807, 2.05) is 63.2 Å². The van der Waals surface area contributed by atoms with Crippen LogP contribution in [-0.4, -0.2) is 99.6 Å². The van der Waals surface area contributed by atoms with Crippen LogP contribution in [0.1, 0.15) is 116 Å². The monoisotopic (exact) mass is 825 g/mol. The van der Waals surface area contributed by atoms with Crippen molar-refractivity contribution >= 4 is 47.3 Å². The topological polar surface area (TPSA) is 206 Å². The Labute approximate surface area is 352 Å². The molecule has 1 aromatic heterocycles. The van der Waals surface area contributed by atoms with E-state index in [9.17, 15) is 33.6 Å². The van der Waals surface area contributed by atoms with E-state index in [2.05, 4.69) is 43.3 Å². The summed E-state index contributed by atoms with van der Waals surface area (Å²) in [6.45, 7) is 5.09. The van der Waals surface area contributed by atoms with Crippen LogP contribution < -0.4 is 21.3 Å². The van der Waals surface area contributed by atoms with Crippen molar-refractivity contribution < 1.29 is 33.6 Å². The molecule has 0 aliphatic carbocycles. The lowest BCUT2D eigenvalue weighted by molar-refractivity contribution is -0.136. The second-order valence-corrected chi connectivity index (χ2v) is 16.0. The fourth-order valence-corrected chi connectivity index (χ4v) is 7.83. The summed E-state index contributed by atoms with van der Waals surface area (Å²) in [5.41, 5.74) is 3.13. The number of amides is 8. The van der Waals surface area contributed by atoms with Crippen LogP contribution in [0.3, 0.4) is 0 Å². The van der Waals surface area contributed by atoms with Gasteiger partial charge in [-0.05, 0) is 89.2 Å². The molecule has 7 rings (SSSR count). The van der Waals surface area contributed by atoms with Gasteiger partial charge in [-0.3, -0.25) is 44.1 Å².